The molecule has 0 amide bonds. The maximum atomic E-state index is 5.01. The zero-order valence-corrected chi connectivity index (χ0v) is 31.9. The van der Waals surface area contributed by atoms with Crippen LogP contribution in [0.1, 0.15) is 108 Å². The van der Waals surface area contributed by atoms with E-state index in [1.54, 1.807) is 0 Å². The lowest BCUT2D eigenvalue weighted by Gasteiger charge is -2.67. The summed E-state index contributed by atoms with van der Waals surface area (Å²) in [6.07, 6.45) is 4.78. The number of allylic oxidation sites excluding steroid dienone is 9. The molecule has 0 unspecified atom stereocenters. The summed E-state index contributed by atoms with van der Waals surface area (Å²) in [5.74, 6) is 0.690. The molecular formula is C49H58. The Morgan fingerprint density at radius 3 is 2.16 bits per heavy atom. The lowest BCUT2D eigenvalue weighted by atomic mass is 9.36. The number of benzene rings is 3. The standard InChI is InChI=1S/C49H58/c1-15-30(4)27-43-47(12)28-32(6)44(29(2)3)36(10)49(47,14)37(11)46-34(8)45-33(7)39(23-24-41(45)35(9)48(43,46)13)25-31(5)26-40-21-18-20-38-19-16-17-22-42(38)40/h16-24,35,43H,2,4-5,8,10,15,25-28H2,1,3,6-7,9,11-14H3/t35-,43+,47+,48-,49-/m1/s1. The van der Waals surface area contributed by atoms with Crippen molar-refractivity contribution in [1.82, 2.24) is 0 Å². The Balaban J connectivity index is 1.49. The molecule has 0 aliphatic heterocycles. The molecule has 5 atom stereocenters. The van der Waals surface area contributed by atoms with Gasteiger partial charge in [-0.05, 0) is 138 Å². The van der Waals surface area contributed by atoms with E-state index in [0.717, 1.165) is 37.7 Å². The second-order valence-electron chi connectivity index (χ2n) is 16.5. The van der Waals surface area contributed by atoms with Crippen molar-refractivity contribution in [3.63, 3.8) is 0 Å². The van der Waals surface area contributed by atoms with Crippen LogP contribution in [-0.4, -0.2) is 0 Å². The van der Waals surface area contributed by atoms with Crippen LogP contribution in [0.5, 0.6) is 0 Å². The van der Waals surface area contributed by atoms with Gasteiger partial charge in [0.1, 0.15) is 0 Å². The summed E-state index contributed by atoms with van der Waals surface area (Å²) >= 11 is 0. The van der Waals surface area contributed by atoms with E-state index >= 15 is 0 Å². The molecule has 254 valence electrons. The predicted molar refractivity (Wildman–Crippen MR) is 215 cm³/mol. The third-order valence-corrected chi connectivity index (χ3v) is 14.0. The Labute approximate surface area is 297 Å². The molecule has 0 radical (unpaired) electrons. The minimum Gasteiger partial charge on any atom is -0.0999 e. The maximum absolute atomic E-state index is 5.01. The van der Waals surface area contributed by atoms with Crippen LogP contribution < -0.4 is 0 Å². The van der Waals surface area contributed by atoms with Gasteiger partial charge in [-0.3, -0.25) is 0 Å². The first-order valence-corrected chi connectivity index (χ1v) is 18.4. The van der Waals surface area contributed by atoms with Gasteiger partial charge in [-0.15, -0.1) is 0 Å². The van der Waals surface area contributed by atoms with Gasteiger partial charge < -0.3 is 0 Å². The Morgan fingerprint density at radius 1 is 0.837 bits per heavy atom. The summed E-state index contributed by atoms with van der Waals surface area (Å²) in [5, 5.41) is 2.61. The topological polar surface area (TPSA) is 0 Å². The van der Waals surface area contributed by atoms with Crippen molar-refractivity contribution in [2.75, 3.05) is 0 Å². The van der Waals surface area contributed by atoms with E-state index in [9.17, 15) is 0 Å². The van der Waals surface area contributed by atoms with Gasteiger partial charge in [0.25, 0.3) is 0 Å². The monoisotopic (exact) mass is 646 g/mol. The first kappa shape index (κ1) is 34.9. The molecule has 0 spiro atoms. The molecule has 0 heteroatoms. The van der Waals surface area contributed by atoms with Crippen LogP contribution in [0.25, 0.3) is 16.3 Å². The summed E-state index contributed by atoms with van der Waals surface area (Å²) in [4.78, 5) is 0. The van der Waals surface area contributed by atoms with E-state index in [0.29, 0.717) is 11.8 Å². The van der Waals surface area contributed by atoms with E-state index in [-0.39, 0.29) is 16.2 Å². The van der Waals surface area contributed by atoms with Gasteiger partial charge in [-0.2, -0.15) is 0 Å². The summed E-state index contributed by atoms with van der Waals surface area (Å²) in [5.41, 5.74) is 18.2. The number of hydrogen-bond donors (Lipinski definition) is 0. The van der Waals surface area contributed by atoms with Crippen LogP contribution in [0.15, 0.2) is 132 Å². The SMILES string of the molecule is C=C(Cc1ccc2c(c1C)C(=C)C1=C(C)[C@@]3(C)C(=C)C(C(=C)C)=C(C)C[C@@]3(C)[C@H](CC(=C)CC)[C@@]1(C)[C@@H]2C)Cc1cccc2ccccc12. The molecule has 3 aromatic rings. The molecule has 3 aliphatic carbocycles. The Morgan fingerprint density at radius 2 is 1.49 bits per heavy atom. The fraction of sp³-hybridized carbons (Fsp3) is 0.388. The highest BCUT2D eigenvalue weighted by Crippen LogP contribution is 2.75. The van der Waals surface area contributed by atoms with Crippen LogP contribution in [0.3, 0.4) is 0 Å². The maximum Gasteiger partial charge on any atom is 0.0197 e. The summed E-state index contributed by atoms with van der Waals surface area (Å²) in [7, 11) is 0. The molecule has 0 nitrogen and oxygen atoms in total. The molecule has 0 saturated carbocycles. The lowest BCUT2D eigenvalue weighted by molar-refractivity contribution is -0.0370. The van der Waals surface area contributed by atoms with E-state index in [1.807, 2.05) is 0 Å². The normalized spacial score (nSPS) is 27.9. The minimum atomic E-state index is -0.229. The van der Waals surface area contributed by atoms with Gasteiger partial charge in [-0.1, -0.05) is 150 Å². The van der Waals surface area contributed by atoms with Crippen molar-refractivity contribution in [3.05, 3.63) is 160 Å². The number of rotatable bonds is 8. The van der Waals surface area contributed by atoms with E-state index in [4.69, 9.17) is 13.2 Å². The fourth-order valence-electron chi connectivity index (χ4n) is 11.1. The van der Waals surface area contributed by atoms with E-state index in [2.05, 4.69) is 137 Å². The third-order valence-electron chi connectivity index (χ3n) is 14.0. The van der Waals surface area contributed by atoms with Crippen LogP contribution >= 0.6 is 0 Å². The Hall–Kier alpha value is -3.90. The highest BCUT2D eigenvalue weighted by molar-refractivity contribution is 5.88. The van der Waals surface area contributed by atoms with Gasteiger partial charge in [0.15, 0.2) is 0 Å². The quantitative estimate of drug-likeness (QED) is 0.214. The zero-order valence-electron chi connectivity index (χ0n) is 31.9. The molecular weight excluding hydrogens is 589 g/mol. The number of fused-ring (bicyclic) bond motifs is 4. The first-order valence-electron chi connectivity index (χ1n) is 18.4. The average molecular weight is 647 g/mol. The second-order valence-corrected chi connectivity index (χ2v) is 16.5. The molecule has 3 aliphatic rings. The van der Waals surface area contributed by atoms with Crippen molar-refractivity contribution in [3.8, 4) is 0 Å². The molecule has 49 heavy (non-hydrogen) atoms. The van der Waals surface area contributed by atoms with Crippen molar-refractivity contribution in [1.29, 1.82) is 0 Å². The van der Waals surface area contributed by atoms with Crippen molar-refractivity contribution in [2.24, 2.45) is 22.2 Å². The highest BCUT2D eigenvalue weighted by atomic mass is 14.7. The average Bonchev–Trinajstić information content (AvgIpc) is 3.05. The highest BCUT2D eigenvalue weighted by Gasteiger charge is 2.66. The summed E-state index contributed by atoms with van der Waals surface area (Å²) < 4.78 is 0. The Bertz CT molecular complexity index is 2030. The summed E-state index contributed by atoms with van der Waals surface area (Å²) in [6, 6.07) is 20.1. The van der Waals surface area contributed by atoms with Crippen molar-refractivity contribution >= 4 is 16.3 Å². The second kappa shape index (κ2) is 12.2. The smallest absolute Gasteiger partial charge is 0.0197 e. The van der Waals surface area contributed by atoms with Gasteiger partial charge >= 0.3 is 0 Å². The Kier molecular flexibility index (Phi) is 8.67. The molecule has 0 heterocycles. The van der Waals surface area contributed by atoms with Crippen molar-refractivity contribution < 1.29 is 0 Å². The molecule has 0 N–H and O–H groups in total. The van der Waals surface area contributed by atoms with Crippen LogP contribution in [0.2, 0.25) is 0 Å². The third kappa shape index (κ3) is 4.92. The van der Waals surface area contributed by atoms with Crippen LogP contribution in [0.4, 0.5) is 0 Å². The van der Waals surface area contributed by atoms with Gasteiger partial charge in [0.2, 0.25) is 0 Å². The van der Waals surface area contributed by atoms with Gasteiger partial charge in [0, 0.05) is 10.8 Å². The first-order chi connectivity index (χ1) is 23.0. The largest absolute Gasteiger partial charge is 0.0999 e. The van der Waals surface area contributed by atoms with E-state index in [1.165, 1.54) is 83.2 Å². The zero-order chi connectivity index (χ0) is 35.8. The van der Waals surface area contributed by atoms with Gasteiger partial charge in [-0.25, -0.2) is 0 Å². The van der Waals surface area contributed by atoms with Crippen LogP contribution in [-0.2, 0) is 12.8 Å². The lowest BCUT2D eigenvalue weighted by Crippen LogP contribution is -2.59. The molecule has 0 fully saturated rings. The molecule has 0 bridgehead atoms. The predicted octanol–water partition coefficient (Wildman–Crippen LogP) is 13.8. The molecule has 6 rings (SSSR count). The summed E-state index contributed by atoms with van der Waals surface area (Å²) in [6.45, 7) is 45.2. The number of hydrogen-bond acceptors (Lipinski definition) is 0. The van der Waals surface area contributed by atoms with Crippen LogP contribution in [0, 0.1) is 29.1 Å². The molecule has 0 saturated heterocycles. The van der Waals surface area contributed by atoms with Crippen molar-refractivity contribution in [2.45, 2.75) is 100 Å². The molecule has 0 aromatic heterocycles. The van der Waals surface area contributed by atoms with E-state index < -0.39 is 0 Å². The van der Waals surface area contributed by atoms with Gasteiger partial charge in [0.05, 0.1) is 0 Å². The fourth-order valence-corrected chi connectivity index (χ4v) is 11.1. The molecule has 3 aromatic carbocycles. The minimum absolute atomic E-state index is 0.0338.